The maximum Gasteiger partial charge on any atom is 0.140 e. The molecular weight excluding hydrogens is 354 g/mol. The van der Waals surface area contributed by atoms with Gasteiger partial charge in [0.1, 0.15) is 18.2 Å². The summed E-state index contributed by atoms with van der Waals surface area (Å²) in [6.07, 6.45) is 0. The van der Waals surface area contributed by atoms with Gasteiger partial charge < -0.3 is 10.2 Å². The maximum atomic E-state index is 6.13. The van der Waals surface area contributed by atoms with E-state index in [2.05, 4.69) is 46.3 Å². The van der Waals surface area contributed by atoms with Gasteiger partial charge in [-0.05, 0) is 41.8 Å². The number of ether oxygens (including phenoxy) is 1. The fourth-order valence-corrected chi connectivity index (χ4v) is 2.45. The molecule has 0 saturated carbocycles. The van der Waals surface area contributed by atoms with Gasteiger partial charge in [0.05, 0.1) is 10.7 Å². The van der Waals surface area contributed by atoms with E-state index < -0.39 is 0 Å². The lowest BCUT2D eigenvalue weighted by atomic mass is 10.0. The Balaban J connectivity index is 2.20. The molecule has 0 amide bonds. The lowest BCUT2D eigenvalue weighted by Crippen LogP contribution is -2.10. The molecule has 3 N–H and O–H groups in total. The summed E-state index contributed by atoms with van der Waals surface area (Å²) in [6.45, 7) is 4.54. The quantitative estimate of drug-likeness (QED) is 0.601. The highest BCUT2D eigenvalue weighted by molar-refractivity contribution is 9.10. The molecule has 1 heterocycles. The second-order valence-corrected chi connectivity index (χ2v) is 6.22. The molecular formula is C15H17BrClN3O. The van der Waals surface area contributed by atoms with Gasteiger partial charge in [0.15, 0.2) is 0 Å². The van der Waals surface area contributed by atoms with Crippen LogP contribution in [0.15, 0.2) is 34.8 Å². The fourth-order valence-electron chi connectivity index (χ4n) is 1.91. The molecule has 2 rings (SSSR count). The van der Waals surface area contributed by atoms with Gasteiger partial charge in [-0.3, -0.25) is 0 Å². The number of anilines is 1. The minimum Gasteiger partial charge on any atom is -0.487 e. The number of nitrogen functional groups attached to an aromatic ring is 1. The van der Waals surface area contributed by atoms with Crippen LogP contribution in [0.5, 0.6) is 5.75 Å². The average Bonchev–Trinajstić information content (AvgIpc) is 2.47. The third kappa shape index (κ3) is 4.09. The summed E-state index contributed by atoms with van der Waals surface area (Å²) in [7, 11) is 0. The van der Waals surface area contributed by atoms with E-state index in [1.807, 2.05) is 12.1 Å². The number of nitrogens with two attached hydrogens (primary N) is 1. The number of halogens is 2. The molecule has 0 aliphatic heterocycles. The Morgan fingerprint density at radius 1 is 1.33 bits per heavy atom. The van der Waals surface area contributed by atoms with E-state index in [0.29, 0.717) is 22.5 Å². The molecule has 0 spiro atoms. The summed E-state index contributed by atoms with van der Waals surface area (Å²) in [6, 6.07) is 9.41. The molecule has 2 aromatic rings. The largest absolute Gasteiger partial charge is 0.487 e. The van der Waals surface area contributed by atoms with Crippen LogP contribution in [-0.4, -0.2) is 4.98 Å². The minimum absolute atomic E-state index is 0.287. The van der Waals surface area contributed by atoms with Gasteiger partial charge in [-0.1, -0.05) is 41.4 Å². The first kappa shape index (κ1) is 16.1. The normalized spacial score (nSPS) is 10.8. The van der Waals surface area contributed by atoms with Gasteiger partial charge in [-0.15, -0.1) is 0 Å². The molecule has 0 aliphatic rings. The number of nitrogens with zero attached hydrogens (tertiary/aromatic N) is 1. The Bertz CT molecular complexity index is 634. The molecule has 1 aromatic carbocycles. The zero-order valence-electron chi connectivity index (χ0n) is 11.9. The van der Waals surface area contributed by atoms with Crippen molar-refractivity contribution in [3.63, 3.8) is 0 Å². The van der Waals surface area contributed by atoms with Gasteiger partial charge in [-0.2, -0.15) is 0 Å². The molecule has 0 fully saturated rings. The van der Waals surface area contributed by atoms with Gasteiger partial charge in [0, 0.05) is 4.47 Å². The number of hydrogen-bond donors (Lipinski definition) is 2. The van der Waals surface area contributed by atoms with E-state index in [-0.39, 0.29) is 6.61 Å². The third-order valence-electron chi connectivity index (χ3n) is 3.02. The van der Waals surface area contributed by atoms with E-state index in [9.17, 15) is 0 Å². The maximum absolute atomic E-state index is 6.13. The smallest absolute Gasteiger partial charge is 0.140 e. The third-order valence-corrected chi connectivity index (χ3v) is 3.86. The second kappa shape index (κ2) is 7.11. The van der Waals surface area contributed by atoms with Crippen LogP contribution in [0.2, 0.25) is 5.02 Å². The molecule has 0 aliphatic carbocycles. The van der Waals surface area contributed by atoms with Crippen molar-refractivity contribution in [3.05, 3.63) is 51.1 Å². The molecule has 0 unspecified atom stereocenters. The highest BCUT2D eigenvalue weighted by Crippen LogP contribution is 2.30. The van der Waals surface area contributed by atoms with Crippen molar-refractivity contribution < 1.29 is 4.74 Å². The lowest BCUT2D eigenvalue weighted by Gasteiger charge is -2.15. The van der Waals surface area contributed by atoms with E-state index in [1.165, 1.54) is 0 Å². The van der Waals surface area contributed by atoms with Gasteiger partial charge >= 0.3 is 0 Å². The Labute approximate surface area is 137 Å². The van der Waals surface area contributed by atoms with Crippen LogP contribution in [0.1, 0.15) is 31.0 Å². The Kier molecular flexibility index (Phi) is 5.45. The number of pyridine rings is 1. The average molecular weight is 371 g/mol. The van der Waals surface area contributed by atoms with Crippen molar-refractivity contribution in [1.29, 1.82) is 0 Å². The molecule has 0 bridgehead atoms. The molecule has 112 valence electrons. The Hall–Kier alpha value is -1.30. The molecule has 4 nitrogen and oxygen atoms in total. The predicted octanol–water partition coefficient (Wildman–Crippen LogP) is 4.49. The number of nitrogens with one attached hydrogen (secondary N) is 1. The Morgan fingerprint density at radius 3 is 2.76 bits per heavy atom. The molecule has 0 saturated heterocycles. The number of hydrazine groups is 1. The van der Waals surface area contributed by atoms with Crippen molar-refractivity contribution in [2.75, 3.05) is 5.43 Å². The SMILES string of the molecule is CC(C)c1cc(Br)ccc1OCc1nc(NN)ccc1Cl. The van der Waals surface area contributed by atoms with Crippen molar-refractivity contribution in [3.8, 4) is 5.75 Å². The van der Waals surface area contributed by atoms with Crippen LogP contribution < -0.4 is 16.0 Å². The first-order chi connectivity index (χ1) is 10.0. The van der Waals surface area contributed by atoms with Crippen molar-refractivity contribution in [2.45, 2.75) is 26.4 Å². The van der Waals surface area contributed by atoms with E-state index >= 15 is 0 Å². The van der Waals surface area contributed by atoms with Gasteiger partial charge in [0.25, 0.3) is 0 Å². The molecule has 21 heavy (non-hydrogen) atoms. The predicted molar refractivity (Wildman–Crippen MR) is 89.6 cm³/mol. The van der Waals surface area contributed by atoms with E-state index in [1.54, 1.807) is 12.1 Å². The Morgan fingerprint density at radius 2 is 2.10 bits per heavy atom. The molecule has 0 radical (unpaired) electrons. The van der Waals surface area contributed by atoms with Crippen LogP contribution >= 0.6 is 27.5 Å². The zero-order chi connectivity index (χ0) is 15.4. The summed E-state index contributed by atoms with van der Waals surface area (Å²) < 4.78 is 6.91. The summed E-state index contributed by atoms with van der Waals surface area (Å²) >= 11 is 9.61. The van der Waals surface area contributed by atoms with Crippen LogP contribution in [0, 0.1) is 0 Å². The van der Waals surface area contributed by atoms with Crippen molar-refractivity contribution >= 4 is 33.3 Å². The highest BCUT2D eigenvalue weighted by Gasteiger charge is 2.10. The summed E-state index contributed by atoms with van der Waals surface area (Å²) in [5, 5.41) is 0.553. The molecule has 0 atom stereocenters. The summed E-state index contributed by atoms with van der Waals surface area (Å²) in [5.41, 5.74) is 4.27. The number of aromatic nitrogens is 1. The number of rotatable bonds is 5. The fraction of sp³-hybridized carbons (Fsp3) is 0.267. The van der Waals surface area contributed by atoms with Crippen molar-refractivity contribution in [1.82, 2.24) is 4.98 Å². The first-order valence-corrected chi connectivity index (χ1v) is 7.72. The highest BCUT2D eigenvalue weighted by atomic mass is 79.9. The molecule has 1 aromatic heterocycles. The summed E-state index contributed by atoms with van der Waals surface area (Å²) in [5.74, 6) is 7.10. The van der Waals surface area contributed by atoms with E-state index in [4.69, 9.17) is 22.2 Å². The monoisotopic (exact) mass is 369 g/mol. The number of hydrogen-bond acceptors (Lipinski definition) is 4. The van der Waals surface area contributed by atoms with Crippen LogP contribution in [0.25, 0.3) is 0 Å². The minimum atomic E-state index is 0.287. The van der Waals surface area contributed by atoms with Crippen LogP contribution in [0.3, 0.4) is 0 Å². The lowest BCUT2D eigenvalue weighted by molar-refractivity contribution is 0.297. The second-order valence-electron chi connectivity index (χ2n) is 4.89. The van der Waals surface area contributed by atoms with Gasteiger partial charge in [0.2, 0.25) is 0 Å². The number of benzene rings is 1. The topological polar surface area (TPSA) is 60.2 Å². The van der Waals surface area contributed by atoms with Gasteiger partial charge in [-0.25, -0.2) is 10.8 Å². The van der Waals surface area contributed by atoms with Crippen LogP contribution in [-0.2, 0) is 6.61 Å². The summed E-state index contributed by atoms with van der Waals surface area (Å²) in [4.78, 5) is 4.30. The van der Waals surface area contributed by atoms with E-state index in [0.717, 1.165) is 15.8 Å². The first-order valence-electron chi connectivity index (χ1n) is 6.55. The molecule has 6 heteroatoms. The van der Waals surface area contributed by atoms with Crippen molar-refractivity contribution in [2.24, 2.45) is 5.84 Å². The standard InChI is InChI=1S/C15H17BrClN3O/c1-9(2)11-7-10(16)3-5-14(11)21-8-13-12(17)4-6-15(19-13)20-18/h3-7,9H,8,18H2,1-2H3,(H,19,20). The zero-order valence-corrected chi connectivity index (χ0v) is 14.2. The van der Waals surface area contributed by atoms with Crippen LogP contribution in [0.4, 0.5) is 5.82 Å².